The van der Waals surface area contributed by atoms with Crippen molar-refractivity contribution in [2.45, 2.75) is 83.9 Å². The third kappa shape index (κ3) is 5.93. The summed E-state index contributed by atoms with van der Waals surface area (Å²) < 4.78 is 7.16. The van der Waals surface area contributed by atoms with Gasteiger partial charge in [0.1, 0.15) is 12.4 Å². The predicted octanol–water partition coefficient (Wildman–Crippen LogP) is 2.90. The maximum atomic E-state index is 5.15. The average molecular weight is 391 g/mol. The average Bonchev–Trinajstić information content (AvgIpc) is 3.12. The van der Waals surface area contributed by atoms with Crippen molar-refractivity contribution < 1.29 is 4.74 Å². The van der Waals surface area contributed by atoms with E-state index in [2.05, 4.69) is 32.6 Å². The molecule has 2 N–H and O–H groups in total. The summed E-state index contributed by atoms with van der Waals surface area (Å²) in [5, 5.41) is 11.7. The van der Waals surface area contributed by atoms with Crippen LogP contribution in [-0.4, -0.2) is 47.5 Å². The van der Waals surface area contributed by atoms with Crippen LogP contribution in [0.1, 0.15) is 69.9 Å². The number of aryl methyl sites for hydroxylation is 1. The molecule has 7 heteroatoms. The SMILES string of the molecule is CCCCC1CCC(CNC(=NC)NC2CCc3nc(COC)nn3C2)CC1. The molecule has 1 unspecified atom stereocenters. The van der Waals surface area contributed by atoms with Gasteiger partial charge in [-0.1, -0.05) is 39.0 Å². The normalized spacial score (nSPS) is 25.4. The van der Waals surface area contributed by atoms with Crippen LogP contribution in [0.15, 0.2) is 4.99 Å². The third-order valence-electron chi connectivity index (χ3n) is 6.23. The zero-order valence-electron chi connectivity index (χ0n) is 17.9. The largest absolute Gasteiger partial charge is 0.377 e. The van der Waals surface area contributed by atoms with Crippen LogP contribution < -0.4 is 10.6 Å². The fourth-order valence-corrected chi connectivity index (χ4v) is 4.51. The quantitative estimate of drug-likeness (QED) is 0.527. The molecule has 158 valence electrons. The summed E-state index contributed by atoms with van der Waals surface area (Å²) in [5.74, 6) is 4.50. The predicted molar refractivity (Wildman–Crippen MR) is 112 cm³/mol. The van der Waals surface area contributed by atoms with Crippen molar-refractivity contribution in [2.75, 3.05) is 20.7 Å². The highest BCUT2D eigenvalue weighted by molar-refractivity contribution is 5.79. The lowest BCUT2D eigenvalue weighted by Crippen LogP contribution is -2.48. The number of aromatic nitrogens is 3. The van der Waals surface area contributed by atoms with Crippen LogP contribution in [0, 0.1) is 11.8 Å². The lowest BCUT2D eigenvalue weighted by molar-refractivity contribution is 0.177. The molecule has 0 amide bonds. The molecule has 2 heterocycles. The summed E-state index contributed by atoms with van der Waals surface area (Å²) in [5.41, 5.74) is 0. The van der Waals surface area contributed by atoms with Gasteiger partial charge in [0.15, 0.2) is 11.8 Å². The van der Waals surface area contributed by atoms with Gasteiger partial charge >= 0.3 is 0 Å². The van der Waals surface area contributed by atoms with Gasteiger partial charge in [0.2, 0.25) is 0 Å². The number of unbranched alkanes of at least 4 members (excludes halogenated alkanes) is 1. The molecule has 7 nitrogen and oxygen atoms in total. The summed E-state index contributed by atoms with van der Waals surface area (Å²) >= 11 is 0. The molecule has 28 heavy (non-hydrogen) atoms. The van der Waals surface area contributed by atoms with E-state index in [0.29, 0.717) is 12.6 Å². The topological polar surface area (TPSA) is 76.4 Å². The zero-order valence-corrected chi connectivity index (χ0v) is 17.9. The van der Waals surface area contributed by atoms with Gasteiger partial charge in [0.05, 0.1) is 6.54 Å². The molecule has 3 rings (SSSR count). The summed E-state index contributed by atoms with van der Waals surface area (Å²) in [6, 6.07) is 0.334. The standard InChI is InChI=1S/C21H38N6O/c1-4-5-6-16-7-9-17(10-8-16)13-23-21(22-2)24-18-11-12-20-25-19(15-28-3)26-27(20)14-18/h16-18H,4-15H2,1-3H3,(H2,22,23,24). The van der Waals surface area contributed by atoms with Gasteiger partial charge in [0, 0.05) is 33.2 Å². The number of guanidine groups is 1. The lowest BCUT2D eigenvalue weighted by Gasteiger charge is -2.30. The van der Waals surface area contributed by atoms with E-state index in [1.165, 1.54) is 44.9 Å². The van der Waals surface area contributed by atoms with Crippen molar-refractivity contribution in [3.63, 3.8) is 0 Å². The van der Waals surface area contributed by atoms with Crippen LogP contribution in [0.2, 0.25) is 0 Å². The van der Waals surface area contributed by atoms with Gasteiger partial charge in [-0.25, -0.2) is 9.67 Å². The minimum Gasteiger partial charge on any atom is -0.377 e. The first-order valence-electron chi connectivity index (χ1n) is 11.1. The van der Waals surface area contributed by atoms with Gasteiger partial charge < -0.3 is 15.4 Å². The van der Waals surface area contributed by atoms with Crippen LogP contribution in [0.25, 0.3) is 0 Å². The van der Waals surface area contributed by atoms with Crippen LogP contribution in [-0.2, 0) is 24.3 Å². The maximum Gasteiger partial charge on any atom is 0.191 e. The molecule has 1 fully saturated rings. The van der Waals surface area contributed by atoms with Crippen molar-refractivity contribution in [2.24, 2.45) is 16.8 Å². The minimum atomic E-state index is 0.334. The fourth-order valence-electron chi connectivity index (χ4n) is 4.51. The maximum absolute atomic E-state index is 5.15. The van der Waals surface area contributed by atoms with E-state index >= 15 is 0 Å². The highest BCUT2D eigenvalue weighted by Gasteiger charge is 2.24. The van der Waals surface area contributed by atoms with Crippen molar-refractivity contribution in [1.29, 1.82) is 0 Å². The number of aliphatic imine (C=N–C) groups is 1. The number of nitrogens with one attached hydrogen (secondary N) is 2. The third-order valence-corrected chi connectivity index (χ3v) is 6.23. The van der Waals surface area contributed by atoms with Crippen molar-refractivity contribution >= 4 is 5.96 Å². The second-order valence-corrected chi connectivity index (χ2v) is 8.42. The Bertz CT molecular complexity index is 620. The molecule has 0 aromatic carbocycles. The number of hydrogen-bond donors (Lipinski definition) is 2. The van der Waals surface area contributed by atoms with Crippen LogP contribution >= 0.6 is 0 Å². The Morgan fingerprint density at radius 2 is 2.00 bits per heavy atom. The number of hydrogen-bond acceptors (Lipinski definition) is 4. The molecule has 1 aliphatic carbocycles. The van der Waals surface area contributed by atoms with Crippen LogP contribution in [0.4, 0.5) is 0 Å². The Labute approximate surface area is 169 Å². The molecular formula is C21H38N6O. The number of ether oxygens (including phenoxy) is 1. The van der Waals surface area contributed by atoms with E-state index in [1.54, 1.807) is 7.11 Å². The first-order valence-corrected chi connectivity index (χ1v) is 11.1. The molecular weight excluding hydrogens is 352 g/mol. The van der Waals surface area contributed by atoms with Crippen molar-refractivity contribution in [1.82, 2.24) is 25.4 Å². The zero-order chi connectivity index (χ0) is 19.8. The van der Waals surface area contributed by atoms with E-state index in [4.69, 9.17) is 4.74 Å². The van der Waals surface area contributed by atoms with Crippen molar-refractivity contribution in [3.05, 3.63) is 11.6 Å². The molecule has 1 aromatic rings. The number of nitrogens with zero attached hydrogens (tertiary/aromatic N) is 4. The first-order chi connectivity index (χ1) is 13.7. The molecule has 1 aliphatic heterocycles. The van der Waals surface area contributed by atoms with Gasteiger partial charge in [-0.15, -0.1) is 0 Å². The molecule has 1 saturated carbocycles. The first kappa shape index (κ1) is 21.1. The Kier molecular flexibility index (Phi) is 8.13. The number of rotatable bonds is 8. The fraction of sp³-hybridized carbons (Fsp3) is 0.857. The molecule has 0 bridgehead atoms. The van der Waals surface area contributed by atoms with Crippen LogP contribution in [0.5, 0.6) is 0 Å². The summed E-state index contributed by atoms with van der Waals surface area (Å²) in [4.78, 5) is 8.99. The van der Waals surface area contributed by atoms with E-state index in [-0.39, 0.29) is 0 Å². The molecule has 0 radical (unpaired) electrons. The lowest BCUT2D eigenvalue weighted by atomic mass is 9.80. The van der Waals surface area contributed by atoms with Crippen molar-refractivity contribution in [3.8, 4) is 0 Å². The molecule has 0 spiro atoms. The molecule has 1 aromatic heterocycles. The Hall–Kier alpha value is -1.63. The molecule has 0 saturated heterocycles. The summed E-state index contributed by atoms with van der Waals surface area (Å²) in [7, 11) is 3.54. The number of fused-ring (bicyclic) bond motifs is 1. The van der Waals surface area contributed by atoms with Gasteiger partial charge in [-0.3, -0.25) is 4.99 Å². The van der Waals surface area contributed by atoms with E-state index in [1.807, 2.05) is 11.7 Å². The van der Waals surface area contributed by atoms with Crippen LogP contribution in [0.3, 0.4) is 0 Å². The Morgan fingerprint density at radius 3 is 2.71 bits per heavy atom. The van der Waals surface area contributed by atoms with E-state index < -0.39 is 0 Å². The van der Waals surface area contributed by atoms with Gasteiger partial charge in [-0.05, 0) is 31.1 Å². The second kappa shape index (κ2) is 10.8. The number of methoxy groups -OCH3 is 1. The Morgan fingerprint density at radius 1 is 1.21 bits per heavy atom. The summed E-state index contributed by atoms with van der Waals surface area (Å²) in [6.07, 6.45) is 11.7. The Balaban J connectivity index is 1.40. The van der Waals surface area contributed by atoms with Gasteiger partial charge in [0.25, 0.3) is 0 Å². The van der Waals surface area contributed by atoms with E-state index in [9.17, 15) is 0 Å². The molecule has 2 aliphatic rings. The second-order valence-electron chi connectivity index (χ2n) is 8.42. The smallest absolute Gasteiger partial charge is 0.191 e. The van der Waals surface area contributed by atoms with Gasteiger partial charge in [-0.2, -0.15) is 5.10 Å². The minimum absolute atomic E-state index is 0.334. The monoisotopic (exact) mass is 390 g/mol. The summed E-state index contributed by atoms with van der Waals surface area (Å²) in [6.45, 7) is 4.62. The van der Waals surface area contributed by atoms with E-state index in [0.717, 1.165) is 55.4 Å². The molecule has 1 atom stereocenters. The highest BCUT2D eigenvalue weighted by Crippen LogP contribution is 2.31. The highest BCUT2D eigenvalue weighted by atomic mass is 16.5.